The molecular weight excluding hydrogens is 236 g/mol. The Hall–Kier alpha value is -1.35. The zero-order valence-corrected chi connectivity index (χ0v) is 12.2. The van der Waals surface area contributed by atoms with Gasteiger partial charge < -0.3 is 4.90 Å². The highest BCUT2D eigenvalue weighted by molar-refractivity contribution is 5.94. The van der Waals surface area contributed by atoms with Crippen LogP contribution in [0.15, 0.2) is 24.3 Å². The van der Waals surface area contributed by atoms with Crippen LogP contribution in [-0.2, 0) is 0 Å². The zero-order valence-electron chi connectivity index (χ0n) is 12.2. The molecule has 0 N–H and O–H groups in total. The standard InChI is InChI=1S/C16H24N2O/c1-13(2)17-8-5-9-18(11-10-17)16(19)15-7-4-6-14(3)12-15/h4,6-7,12-13H,5,8-11H2,1-3H3. The molecule has 1 saturated heterocycles. The number of aryl methyl sites for hydroxylation is 1. The summed E-state index contributed by atoms with van der Waals surface area (Å²) in [5.74, 6) is 0.175. The van der Waals surface area contributed by atoms with Gasteiger partial charge in [-0.25, -0.2) is 0 Å². The van der Waals surface area contributed by atoms with Crippen molar-refractivity contribution in [1.82, 2.24) is 9.80 Å². The van der Waals surface area contributed by atoms with E-state index in [0.717, 1.165) is 43.7 Å². The van der Waals surface area contributed by atoms with Gasteiger partial charge in [-0.15, -0.1) is 0 Å². The summed E-state index contributed by atoms with van der Waals surface area (Å²) in [5.41, 5.74) is 1.96. The summed E-state index contributed by atoms with van der Waals surface area (Å²) in [6.45, 7) is 10.3. The maximum atomic E-state index is 12.5. The first kappa shape index (κ1) is 14.1. The molecule has 0 unspecified atom stereocenters. The van der Waals surface area contributed by atoms with Crippen LogP contribution in [0.5, 0.6) is 0 Å². The second-order valence-corrected chi connectivity index (χ2v) is 5.64. The minimum absolute atomic E-state index is 0.175. The summed E-state index contributed by atoms with van der Waals surface area (Å²) in [4.78, 5) is 16.9. The Labute approximate surface area is 116 Å². The van der Waals surface area contributed by atoms with Crippen LogP contribution in [-0.4, -0.2) is 47.9 Å². The molecule has 1 aromatic carbocycles. The predicted molar refractivity (Wildman–Crippen MR) is 78.4 cm³/mol. The van der Waals surface area contributed by atoms with Crippen LogP contribution < -0.4 is 0 Å². The van der Waals surface area contributed by atoms with Crippen LogP contribution in [0.1, 0.15) is 36.2 Å². The first-order valence-corrected chi connectivity index (χ1v) is 7.18. The van der Waals surface area contributed by atoms with Gasteiger partial charge in [0.2, 0.25) is 0 Å². The summed E-state index contributed by atoms with van der Waals surface area (Å²) in [5, 5.41) is 0. The fourth-order valence-electron chi connectivity index (χ4n) is 2.62. The van der Waals surface area contributed by atoms with Crippen molar-refractivity contribution in [2.24, 2.45) is 0 Å². The molecule has 0 atom stereocenters. The molecule has 0 aliphatic carbocycles. The molecule has 19 heavy (non-hydrogen) atoms. The highest BCUT2D eigenvalue weighted by Crippen LogP contribution is 2.12. The number of amides is 1. The number of carbonyl (C=O) groups excluding carboxylic acids is 1. The molecule has 1 aromatic rings. The third kappa shape index (κ3) is 3.57. The number of benzene rings is 1. The summed E-state index contributed by atoms with van der Waals surface area (Å²) in [7, 11) is 0. The van der Waals surface area contributed by atoms with Crippen molar-refractivity contribution >= 4 is 5.91 Å². The Morgan fingerprint density at radius 2 is 1.95 bits per heavy atom. The van der Waals surface area contributed by atoms with E-state index in [-0.39, 0.29) is 5.91 Å². The minimum atomic E-state index is 0.175. The van der Waals surface area contributed by atoms with E-state index in [9.17, 15) is 4.79 Å². The van der Waals surface area contributed by atoms with Crippen LogP contribution in [0.4, 0.5) is 0 Å². The molecule has 3 heteroatoms. The highest BCUT2D eigenvalue weighted by Gasteiger charge is 2.21. The van der Waals surface area contributed by atoms with E-state index < -0.39 is 0 Å². The number of hydrogen-bond donors (Lipinski definition) is 0. The fourth-order valence-corrected chi connectivity index (χ4v) is 2.62. The average molecular weight is 260 g/mol. The predicted octanol–water partition coefficient (Wildman–Crippen LogP) is 2.55. The number of hydrogen-bond acceptors (Lipinski definition) is 2. The van der Waals surface area contributed by atoms with Gasteiger partial charge in [-0.3, -0.25) is 9.69 Å². The first-order valence-electron chi connectivity index (χ1n) is 7.18. The van der Waals surface area contributed by atoms with Crippen molar-refractivity contribution in [2.45, 2.75) is 33.2 Å². The van der Waals surface area contributed by atoms with Crippen molar-refractivity contribution in [3.8, 4) is 0 Å². The third-order valence-corrected chi connectivity index (χ3v) is 3.81. The second-order valence-electron chi connectivity index (χ2n) is 5.64. The van der Waals surface area contributed by atoms with Gasteiger partial charge in [-0.1, -0.05) is 17.7 Å². The van der Waals surface area contributed by atoms with Crippen molar-refractivity contribution in [1.29, 1.82) is 0 Å². The maximum Gasteiger partial charge on any atom is 0.253 e. The van der Waals surface area contributed by atoms with Crippen molar-refractivity contribution < 1.29 is 4.79 Å². The molecule has 2 rings (SSSR count). The normalized spacial score (nSPS) is 17.6. The van der Waals surface area contributed by atoms with E-state index in [1.165, 1.54) is 0 Å². The van der Waals surface area contributed by atoms with Crippen molar-refractivity contribution in [3.05, 3.63) is 35.4 Å². The summed E-state index contributed by atoms with van der Waals surface area (Å²) >= 11 is 0. The number of nitrogens with zero attached hydrogens (tertiary/aromatic N) is 2. The molecule has 1 heterocycles. The van der Waals surface area contributed by atoms with Crippen molar-refractivity contribution in [2.75, 3.05) is 26.2 Å². The monoisotopic (exact) mass is 260 g/mol. The molecule has 104 valence electrons. The third-order valence-electron chi connectivity index (χ3n) is 3.81. The van der Waals surface area contributed by atoms with Gasteiger partial charge in [0.1, 0.15) is 0 Å². The lowest BCUT2D eigenvalue weighted by Crippen LogP contribution is -2.37. The van der Waals surface area contributed by atoms with E-state index in [2.05, 4.69) is 18.7 Å². The lowest BCUT2D eigenvalue weighted by molar-refractivity contribution is 0.0759. The smallest absolute Gasteiger partial charge is 0.253 e. The largest absolute Gasteiger partial charge is 0.337 e. The Bertz CT molecular complexity index is 442. The van der Waals surface area contributed by atoms with Gasteiger partial charge in [0.05, 0.1) is 0 Å². The molecule has 0 aromatic heterocycles. The SMILES string of the molecule is Cc1cccc(C(=O)N2CCCN(C(C)C)CC2)c1. The lowest BCUT2D eigenvalue weighted by Gasteiger charge is -2.25. The maximum absolute atomic E-state index is 12.5. The van der Waals surface area contributed by atoms with Gasteiger partial charge in [-0.05, 0) is 39.3 Å². The van der Waals surface area contributed by atoms with E-state index >= 15 is 0 Å². The Kier molecular flexibility index (Phi) is 4.59. The molecular formula is C16H24N2O. The van der Waals surface area contributed by atoms with Gasteiger partial charge in [0.15, 0.2) is 0 Å². The van der Waals surface area contributed by atoms with Crippen LogP contribution in [0.25, 0.3) is 0 Å². The van der Waals surface area contributed by atoms with Crippen LogP contribution in [0.3, 0.4) is 0 Å². The molecule has 1 fully saturated rings. The Balaban J connectivity index is 2.04. The molecule has 3 nitrogen and oxygen atoms in total. The van der Waals surface area contributed by atoms with Gasteiger partial charge in [0.25, 0.3) is 5.91 Å². The van der Waals surface area contributed by atoms with E-state index in [4.69, 9.17) is 0 Å². The number of carbonyl (C=O) groups is 1. The van der Waals surface area contributed by atoms with Crippen LogP contribution in [0.2, 0.25) is 0 Å². The molecule has 0 radical (unpaired) electrons. The fraction of sp³-hybridized carbons (Fsp3) is 0.562. The van der Waals surface area contributed by atoms with Crippen LogP contribution >= 0.6 is 0 Å². The summed E-state index contributed by atoms with van der Waals surface area (Å²) < 4.78 is 0. The van der Waals surface area contributed by atoms with E-state index in [1.807, 2.05) is 36.1 Å². The molecule has 1 aliphatic rings. The molecule has 0 saturated carbocycles. The minimum Gasteiger partial charge on any atom is -0.337 e. The Morgan fingerprint density at radius 3 is 2.63 bits per heavy atom. The average Bonchev–Trinajstić information content (AvgIpc) is 2.63. The summed E-state index contributed by atoms with van der Waals surface area (Å²) in [6.07, 6.45) is 1.07. The van der Waals surface area contributed by atoms with Gasteiger partial charge in [0, 0.05) is 37.8 Å². The van der Waals surface area contributed by atoms with Crippen LogP contribution in [0, 0.1) is 6.92 Å². The van der Waals surface area contributed by atoms with E-state index in [1.54, 1.807) is 0 Å². The first-order chi connectivity index (χ1) is 9.08. The molecule has 1 amide bonds. The topological polar surface area (TPSA) is 23.6 Å². The molecule has 0 spiro atoms. The zero-order chi connectivity index (χ0) is 13.8. The van der Waals surface area contributed by atoms with Crippen molar-refractivity contribution in [3.63, 3.8) is 0 Å². The van der Waals surface area contributed by atoms with Gasteiger partial charge >= 0.3 is 0 Å². The Morgan fingerprint density at radius 1 is 1.16 bits per heavy atom. The second kappa shape index (κ2) is 6.20. The summed E-state index contributed by atoms with van der Waals surface area (Å²) in [6, 6.07) is 8.45. The van der Waals surface area contributed by atoms with Gasteiger partial charge in [-0.2, -0.15) is 0 Å². The van der Waals surface area contributed by atoms with E-state index in [0.29, 0.717) is 6.04 Å². The molecule has 0 bridgehead atoms. The lowest BCUT2D eigenvalue weighted by atomic mass is 10.1. The number of rotatable bonds is 2. The quantitative estimate of drug-likeness (QED) is 0.816. The highest BCUT2D eigenvalue weighted by atomic mass is 16.2. The molecule has 1 aliphatic heterocycles.